The summed E-state index contributed by atoms with van der Waals surface area (Å²) in [5.74, 6) is -0.549. The summed E-state index contributed by atoms with van der Waals surface area (Å²) in [6.45, 7) is 2.95. The number of hydrogen-bond donors (Lipinski definition) is 2. The zero-order valence-electron chi connectivity index (χ0n) is 14.2. The number of aromatic carboxylic acids is 1. The van der Waals surface area contributed by atoms with Crippen molar-refractivity contribution in [2.45, 2.75) is 31.3 Å². The number of nitrogens with one attached hydrogen (secondary N) is 1. The van der Waals surface area contributed by atoms with Gasteiger partial charge >= 0.3 is 5.97 Å². The quantitative estimate of drug-likeness (QED) is 0.864. The molecule has 26 heavy (non-hydrogen) atoms. The third kappa shape index (κ3) is 2.36. The summed E-state index contributed by atoms with van der Waals surface area (Å²) in [5, 5.41) is 13.9. The number of benzene rings is 1. The first-order valence-corrected chi connectivity index (χ1v) is 9.51. The smallest absolute Gasteiger partial charge is 0.341 e. The molecule has 0 amide bonds. The summed E-state index contributed by atoms with van der Waals surface area (Å²) in [5.41, 5.74) is 0.963. The van der Waals surface area contributed by atoms with E-state index in [9.17, 15) is 14.7 Å². The van der Waals surface area contributed by atoms with Crippen LogP contribution in [0.1, 0.15) is 35.7 Å². The van der Waals surface area contributed by atoms with Gasteiger partial charge in [-0.2, -0.15) is 0 Å². The van der Waals surface area contributed by atoms with Gasteiger partial charge in [0.1, 0.15) is 5.56 Å². The number of carbonyl (C=O) groups is 1. The topological polar surface area (TPSA) is 74.6 Å². The van der Waals surface area contributed by atoms with E-state index in [0.29, 0.717) is 27.9 Å². The highest BCUT2D eigenvalue weighted by atomic mass is 35.5. The normalized spacial score (nSPS) is 25.0. The van der Waals surface area contributed by atoms with Gasteiger partial charge in [0.25, 0.3) is 0 Å². The fourth-order valence-electron chi connectivity index (χ4n) is 4.48. The number of pyridine rings is 1. The van der Waals surface area contributed by atoms with E-state index in [0.717, 1.165) is 38.2 Å². The summed E-state index contributed by atoms with van der Waals surface area (Å²) >= 11 is 6.79. The molecule has 2 atom stereocenters. The van der Waals surface area contributed by atoms with Gasteiger partial charge in [-0.05, 0) is 43.9 Å². The molecule has 1 saturated carbocycles. The van der Waals surface area contributed by atoms with E-state index < -0.39 is 11.4 Å². The van der Waals surface area contributed by atoms with Crippen molar-refractivity contribution in [3.63, 3.8) is 0 Å². The Hall–Kier alpha value is -2.05. The minimum atomic E-state index is -1.19. The second kappa shape index (κ2) is 5.72. The standard InChI is InChI=1S/C19H20ClN3O3/c20-16-15(22-7-10-5-6-21-14(10)9-22)4-3-12-17(16)23(11-1-2-11)8-13(18(12)24)19(25)26/h3-4,8,10-11,14,21H,1-2,5-7,9H2,(H,25,26). The second-order valence-electron chi connectivity index (χ2n) is 7.62. The molecule has 2 unspecified atom stereocenters. The van der Waals surface area contributed by atoms with Crippen LogP contribution in [0.5, 0.6) is 0 Å². The fourth-order valence-corrected chi connectivity index (χ4v) is 4.86. The molecule has 2 aromatic rings. The molecule has 0 radical (unpaired) electrons. The Morgan fingerprint density at radius 1 is 1.23 bits per heavy atom. The van der Waals surface area contributed by atoms with Crippen LogP contribution < -0.4 is 15.6 Å². The Morgan fingerprint density at radius 2 is 2.04 bits per heavy atom. The monoisotopic (exact) mass is 373 g/mol. The van der Waals surface area contributed by atoms with Gasteiger partial charge in [-0.25, -0.2) is 4.79 Å². The van der Waals surface area contributed by atoms with Crippen molar-refractivity contribution >= 4 is 34.2 Å². The first kappa shape index (κ1) is 16.1. The molecule has 3 heterocycles. The molecular weight excluding hydrogens is 354 g/mol. The highest BCUT2D eigenvalue weighted by Crippen LogP contribution is 2.42. The van der Waals surface area contributed by atoms with Crippen LogP contribution in [0.4, 0.5) is 5.69 Å². The van der Waals surface area contributed by atoms with Gasteiger partial charge < -0.3 is 19.9 Å². The van der Waals surface area contributed by atoms with Gasteiger partial charge in [0, 0.05) is 36.8 Å². The Bertz CT molecular complexity index is 970. The number of carboxylic acids is 1. The van der Waals surface area contributed by atoms with Gasteiger partial charge in [0.05, 0.1) is 16.2 Å². The summed E-state index contributed by atoms with van der Waals surface area (Å²) in [6.07, 6.45) is 4.62. The lowest BCUT2D eigenvalue weighted by Gasteiger charge is -2.23. The first-order chi connectivity index (χ1) is 12.5. The molecule has 2 N–H and O–H groups in total. The molecule has 5 rings (SSSR count). The maximum atomic E-state index is 12.6. The maximum absolute atomic E-state index is 12.6. The van der Waals surface area contributed by atoms with E-state index >= 15 is 0 Å². The Balaban J connectivity index is 1.68. The van der Waals surface area contributed by atoms with Crippen LogP contribution in [0, 0.1) is 5.92 Å². The average Bonchev–Trinajstić information content (AvgIpc) is 3.22. The van der Waals surface area contributed by atoms with Crippen LogP contribution >= 0.6 is 11.6 Å². The number of halogens is 1. The number of anilines is 1. The van der Waals surface area contributed by atoms with Crippen LogP contribution in [0.15, 0.2) is 23.1 Å². The molecule has 1 aliphatic carbocycles. The van der Waals surface area contributed by atoms with Gasteiger partial charge in [-0.15, -0.1) is 0 Å². The number of fused-ring (bicyclic) bond motifs is 2. The number of rotatable bonds is 3. The Morgan fingerprint density at radius 3 is 2.73 bits per heavy atom. The summed E-state index contributed by atoms with van der Waals surface area (Å²) < 4.78 is 1.90. The summed E-state index contributed by atoms with van der Waals surface area (Å²) in [7, 11) is 0. The van der Waals surface area contributed by atoms with Crippen molar-refractivity contribution in [1.82, 2.24) is 9.88 Å². The molecule has 7 heteroatoms. The molecule has 2 aliphatic heterocycles. The van der Waals surface area contributed by atoms with Crippen molar-refractivity contribution < 1.29 is 9.90 Å². The lowest BCUT2D eigenvalue weighted by molar-refractivity contribution is 0.0695. The van der Waals surface area contributed by atoms with Crippen LogP contribution in [-0.4, -0.2) is 41.3 Å². The van der Waals surface area contributed by atoms with E-state index in [2.05, 4.69) is 10.2 Å². The molecular formula is C19H20ClN3O3. The number of hydrogen-bond acceptors (Lipinski definition) is 4. The van der Waals surface area contributed by atoms with Gasteiger partial charge in [-0.1, -0.05) is 11.6 Å². The van der Waals surface area contributed by atoms with Crippen molar-refractivity contribution in [1.29, 1.82) is 0 Å². The molecule has 0 bridgehead atoms. The molecule has 136 valence electrons. The van der Waals surface area contributed by atoms with E-state index in [1.54, 1.807) is 6.07 Å². The van der Waals surface area contributed by atoms with E-state index in [4.69, 9.17) is 11.6 Å². The van der Waals surface area contributed by atoms with Gasteiger partial charge in [-0.3, -0.25) is 4.79 Å². The van der Waals surface area contributed by atoms with Gasteiger partial charge in [0.15, 0.2) is 0 Å². The predicted octanol–water partition coefficient (Wildman–Crippen LogP) is 2.49. The van der Waals surface area contributed by atoms with Crippen molar-refractivity contribution in [2.24, 2.45) is 5.92 Å². The number of nitrogens with zero attached hydrogens (tertiary/aromatic N) is 2. The first-order valence-electron chi connectivity index (χ1n) is 9.13. The Labute approximate surface area is 155 Å². The summed E-state index contributed by atoms with van der Waals surface area (Å²) in [4.78, 5) is 26.4. The minimum Gasteiger partial charge on any atom is -0.477 e. The molecule has 3 fully saturated rings. The van der Waals surface area contributed by atoms with Crippen molar-refractivity contribution in [3.05, 3.63) is 39.1 Å². The molecule has 3 aliphatic rings. The number of aromatic nitrogens is 1. The molecule has 6 nitrogen and oxygen atoms in total. The highest BCUT2D eigenvalue weighted by molar-refractivity contribution is 6.38. The molecule has 1 aromatic carbocycles. The van der Waals surface area contributed by atoms with E-state index in [1.807, 2.05) is 10.6 Å². The fraction of sp³-hybridized carbons (Fsp3) is 0.474. The molecule has 2 saturated heterocycles. The largest absolute Gasteiger partial charge is 0.477 e. The van der Waals surface area contributed by atoms with Crippen LogP contribution in [0.3, 0.4) is 0 Å². The minimum absolute atomic E-state index is 0.187. The predicted molar refractivity (Wildman–Crippen MR) is 101 cm³/mol. The third-order valence-corrected chi connectivity index (χ3v) is 6.36. The zero-order valence-corrected chi connectivity index (χ0v) is 15.0. The Kier molecular flexibility index (Phi) is 3.56. The summed E-state index contributed by atoms with van der Waals surface area (Å²) in [6, 6.07) is 4.34. The van der Waals surface area contributed by atoms with Gasteiger partial charge in [0.2, 0.25) is 5.43 Å². The van der Waals surface area contributed by atoms with Crippen LogP contribution in [0.25, 0.3) is 10.9 Å². The van der Waals surface area contributed by atoms with E-state index in [1.165, 1.54) is 12.6 Å². The average molecular weight is 374 g/mol. The zero-order chi connectivity index (χ0) is 18.0. The van der Waals surface area contributed by atoms with E-state index in [-0.39, 0.29) is 11.6 Å². The molecule has 1 aromatic heterocycles. The highest BCUT2D eigenvalue weighted by Gasteiger charge is 2.37. The van der Waals surface area contributed by atoms with Crippen molar-refractivity contribution in [3.8, 4) is 0 Å². The SMILES string of the molecule is O=C(O)c1cn(C2CC2)c2c(Cl)c(N3CC4CCNC4C3)ccc2c1=O. The second-order valence-corrected chi connectivity index (χ2v) is 8.00. The lowest BCUT2D eigenvalue weighted by Crippen LogP contribution is -2.30. The van der Waals surface area contributed by atoms with Crippen LogP contribution in [0.2, 0.25) is 5.02 Å². The van der Waals surface area contributed by atoms with Crippen molar-refractivity contribution in [2.75, 3.05) is 24.5 Å². The molecule has 0 spiro atoms. The third-order valence-electron chi connectivity index (χ3n) is 5.99. The number of carboxylic acid groups (broad SMARTS) is 1. The maximum Gasteiger partial charge on any atom is 0.341 e. The lowest BCUT2D eigenvalue weighted by atomic mass is 10.1. The van der Waals surface area contributed by atoms with Crippen LogP contribution in [-0.2, 0) is 0 Å².